The number of para-hydroxylation sites is 1. The molecule has 0 spiro atoms. The van der Waals surface area contributed by atoms with E-state index in [9.17, 15) is 23.2 Å². The van der Waals surface area contributed by atoms with Crippen molar-refractivity contribution in [2.75, 3.05) is 18.5 Å². The van der Waals surface area contributed by atoms with Crippen LogP contribution in [0.25, 0.3) is 0 Å². The maximum absolute atomic E-state index is 13.5. The molecule has 0 atom stereocenters. The van der Waals surface area contributed by atoms with E-state index in [1.807, 2.05) is 5.32 Å². The highest BCUT2D eigenvalue weighted by Gasteiger charge is 2.54. The highest BCUT2D eigenvalue weighted by atomic mass is 19.1. The Balaban J connectivity index is 1.23. The summed E-state index contributed by atoms with van der Waals surface area (Å²) in [7, 11) is 0. The van der Waals surface area contributed by atoms with Gasteiger partial charge in [0.05, 0.1) is 0 Å². The molecule has 1 aromatic rings. The Hall–Kier alpha value is -2.51. The van der Waals surface area contributed by atoms with Gasteiger partial charge < -0.3 is 15.4 Å². The van der Waals surface area contributed by atoms with E-state index in [2.05, 4.69) is 5.32 Å². The number of carbonyl (C=O) groups is 3. The quantitative estimate of drug-likeness (QED) is 0.712. The smallest absolute Gasteiger partial charge is 0.325 e. The van der Waals surface area contributed by atoms with E-state index in [0.717, 1.165) is 31.4 Å². The van der Waals surface area contributed by atoms with Gasteiger partial charge in [-0.3, -0.25) is 14.4 Å². The average Bonchev–Trinajstić information content (AvgIpc) is 2.66. The predicted molar refractivity (Wildman–Crippen MR) is 99.6 cm³/mol. The van der Waals surface area contributed by atoms with Crippen LogP contribution in [0.15, 0.2) is 18.2 Å². The number of anilines is 1. The molecule has 29 heavy (non-hydrogen) atoms. The lowest BCUT2D eigenvalue weighted by Gasteiger charge is -2.55. The molecule has 4 saturated carbocycles. The fraction of sp³-hybridized carbons (Fsp3) is 0.571. The number of hydrogen-bond acceptors (Lipinski definition) is 4. The van der Waals surface area contributed by atoms with Crippen LogP contribution < -0.4 is 10.6 Å². The molecule has 4 fully saturated rings. The van der Waals surface area contributed by atoms with Crippen molar-refractivity contribution >= 4 is 23.5 Å². The van der Waals surface area contributed by atoms with Gasteiger partial charge in [-0.25, -0.2) is 8.78 Å². The Bertz CT molecular complexity index is 786. The van der Waals surface area contributed by atoms with Crippen molar-refractivity contribution in [3.05, 3.63) is 29.8 Å². The molecule has 5 rings (SSSR count). The molecule has 4 bridgehead atoms. The summed E-state index contributed by atoms with van der Waals surface area (Å²) in [5, 5.41) is 4.70. The molecule has 2 amide bonds. The van der Waals surface area contributed by atoms with Gasteiger partial charge >= 0.3 is 5.97 Å². The average molecular weight is 406 g/mol. The fourth-order valence-electron chi connectivity index (χ4n) is 5.72. The summed E-state index contributed by atoms with van der Waals surface area (Å²) >= 11 is 0. The second-order valence-electron chi connectivity index (χ2n) is 8.69. The highest BCUT2D eigenvalue weighted by Crippen LogP contribution is 2.60. The lowest BCUT2D eigenvalue weighted by molar-refractivity contribution is -0.152. The molecule has 0 radical (unpaired) electrons. The Morgan fingerprint density at radius 1 is 1.00 bits per heavy atom. The minimum atomic E-state index is -0.924. The molecule has 6 nitrogen and oxygen atoms in total. The van der Waals surface area contributed by atoms with Crippen molar-refractivity contribution < 1.29 is 27.9 Å². The van der Waals surface area contributed by atoms with Gasteiger partial charge in [-0.05, 0) is 68.4 Å². The number of esters is 1. The number of amides is 2. The van der Waals surface area contributed by atoms with E-state index in [4.69, 9.17) is 4.74 Å². The number of nitrogens with one attached hydrogen (secondary N) is 2. The highest BCUT2D eigenvalue weighted by molar-refractivity contribution is 5.93. The summed E-state index contributed by atoms with van der Waals surface area (Å²) in [5.41, 5.74) is -0.960. The van der Waals surface area contributed by atoms with Crippen LogP contribution in [-0.4, -0.2) is 30.9 Å². The first-order chi connectivity index (χ1) is 13.8. The minimum absolute atomic E-state index is 0.105. The van der Waals surface area contributed by atoms with Gasteiger partial charge in [0.2, 0.25) is 5.91 Å². The topological polar surface area (TPSA) is 84.5 Å². The lowest BCUT2D eigenvalue weighted by Crippen LogP contribution is -2.54. The predicted octanol–water partition coefficient (Wildman–Crippen LogP) is 2.78. The van der Waals surface area contributed by atoms with Crippen LogP contribution in [0.3, 0.4) is 0 Å². The second kappa shape index (κ2) is 7.72. The van der Waals surface area contributed by atoms with Crippen LogP contribution in [0.1, 0.15) is 38.5 Å². The van der Waals surface area contributed by atoms with Crippen LogP contribution in [-0.2, 0) is 19.1 Å². The number of halogens is 2. The van der Waals surface area contributed by atoms with Gasteiger partial charge in [0.25, 0.3) is 5.91 Å². The zero-order chi connectivity index (χ0) is 20.6. The van der Waals surface area contributed by atoms with Crippen molar-refractivity contribution in [3.63, 3.8) is 0 Å². The maximum atomic E-state index is 13.5. The van der Waals surface area contributed by atoms with Crippen molar-refractivity contribution in [2.24, 2.45) is 23.2 Å². The first-order valence-electron chi connectivity index (χ1n) is 10.0. The Kier molecular flexibility index (Phi) is 5.27. The second-order valence-corrected chi connectivity index (χ2v) is 8.69. The van der Waals surface area contributed by atoms with Gasteiger partial charge in [-0.15, -0.1) is 0 Å². The van der Waals surface area contributed by atoms with Gasteiger partial charge in [0.1, 0.15) is 23.9 Å². The molecule has 2 N–H and O–H groups in total. The molecular weight excluding hydrogens is 382 g/mol. The zero-order valence-electron chi connectivity index (χ0n) is 16.0. The van der Waals surface area contributed by atoms with Gasteiger partial charge in [-0.1, -0.05) is 6.07 Å². The van der Waals surface area contributed by atoms with E-state index in [1.54, 1.807) is 0 Å². The molecule has 1 aromatic carbocycles. The molecule has 156 valence electrons. The van der Waals surface area contributed by atoms with E-state index >= 15 is 0 Å². The zero-order valence-corrected chi connectivity index (χ0v) is 16.0. The van der Waals surface area contributed by atoms with Crippen LogP contribution in [0.2, 0.25) is 0 Å². The summed E-state index contributed by atoms with van der Waals surface area (Å²) in [5.74, 6) is -1.75. The van der Waals surface area contributed by atoms with Crippen molar-refractivity contribution in [1.82, 2.24) is 5.32 Å². The standard InChI is InChI=1S/C21H24F2N2O4/c22-15-2-1-3-16(23)19(15)25-17(26)11-29-18(27)10-24-20(28)21-7-12-4-13(8-21)6-14(5-12)9-21/h1-3,12-14H,4-11H2,(H,24,28)(H,25,26). The molecule has 0 aromatic heterocycles. The Labute approximate surface area is 167 Å². The monoisotopic (exact) mass is 406 g/mol. The molecule has 4 aliphatic carbocycles. The summed E-state index contributed by atoms with van der Waals surface area (Å²) in [6.45, 7) is -1.03. The van der Waals surface area contributed by atoms with Crippen LogP contribution in [0.5, 0.6) is 0 Å². The van der Waals surface area contributed by atoms with E-state index in [0.29, 0.717) is 17.8 Å². The third-order valence-corrected chi connectivity index (χ3v) is 6.50. The molecule has 0 unspecified atom stereocenters. The van der Waals surface area contributed by atoms with Crippen LogP contribution in [0, 0.1) is 34.8 Å². The molecular formula is C21H24F2N2O4. The first-order valence-corrected chi connectivity index (χ1v) is 10.0. The largest absolute Gasteiger partial charge is 0.454 e. The van der Waals surface area contributed by atoms with Crippen molar-refractivity contribution in [3.8, 4) is 0 Å². The van der Waals surface area contributed by atoms with Crippen molar-refractivity contribution in [2.45, 2.75) is 38.5 Å². The summed E-state index contributed by atoms with van der Waals surface area (Å²) < 4.78 is 31.9. The third kappa shape index (κ3) is 4.11. The van der Waals surface area contributed by atoms with E-state index < -0.39 is 35.8 Å². The van der Waals surface area contributed by atoms with Gasteiger partial charge in [0.15, 0.2) is 6.61 Å². The number of hydrogen-bond donors (Lipinski definition) is 2. The molecule has 0 saturated heterocycles. The van der Waals surface area contributed by atoms with Crippen molar-refractivity contribution in [1.29, 1.82) is 0 Å². The molecule has 8 heteroatoms. The molecule has 4 aliphatic rings. The number of ether oxygens (including phenoxy) is 1. The van der Waals surface area contributed by atoms with Crippen LogP contribution in [0.4, 0.5) is 14.5 Å². The summed E-state index contributed by atoms with van der Waals surface area (Å²) in [6, 6.07) is 3.18. The number of benzene rings is 1. The normalized spacial score (nSPS) is 29.4. The Morgan fingerprint density at radius 2 is 1.55 bits per heavy atom. The van der Waals surface area contributed by atoms with E-state index in [1.165, 1.54) is 25.3 Å². The van der Waals surface area contributed by atoms with Gasteiger partial charge in [0, 0.05) is 5.41 Å². The minimum Gasteiger partial charge on any atom is -0.454 e. The van der Waals surface area contributed by atoms with Gasteiger partial charge in [-0.2, -0.15) is 0 Å². The van der Waals surface area contributed by atoms with E-state index in [-0.39, 0.29) is 17.9 Å². The third-order valence-electron chi connectivity index (χ3n) is 6.50. The lowest BCUT2D eigenvalue weighted by atomic mass is 9.49. The SMILES string of the molecule is O=C(COC(=O)CNC(=O)C12CC3CC(CC(C3)C1)C2)Nc1c(F)cccc1F. The fourth-order valence-corrected chi connectivity index (χ4v) is 5.72. The molecule has 0 aliphatic heterocycles. The Morgan fingerprint density at radius 3 is 2.10 bits per heavy atom. The number of carbonyl (C=O) groups excluding carboxylic acids is 3. The molecule has 0 heterocycles. The van der Waals surface area contributed by atoms with Crippen LogP contribution >= 0.6 is 0 Å². The number of rotatable bonds is 6. The summed E-state index contributed by atoms with van der Waals surface area (Å²) in [6.07, 6.45) is 6.30. The first kappa shape index (κ1) is 19.8. The summed E-state index contributed by atoms with van der Waals surface area (Å²) in [4.78, 5) is 36.5. The maximum Gasteiger partial charge on any atom is 0.325 e.